The van der Waals surface area contributed by atoms with E-state index in [4.69, 9.17) is 5.73 Å². The fourth-order valence-corrected chi connectivity index (χ4v) is 6.06. The molecular formula is C28H31N5O3S. The molecule has 5 rings (SSSR count). The van der Waals surface area contributed by atoms with Gasteiger partial charge in [-0.2, -0.15) is 9.61 Å². The molecule has 9 heteroatoms. The van der Waals surface area contributed by atoms with Gasteiger partial charge in [-0.05, 0) is 63.1 Å². The molecule has 1 saturated carbocycles. The minimum Gasteiger partial charge on any atom is -0.477 e. The molecule has 8 nitrogen and oxygen atoms in total. The lowest BCUT2D eigenvalue weighted by Crippen LogP contribution is -2.42. The van der Waals surface area contributed by atoms with Gasteiger partial charge in [0.25, 0.3) is 0 Å². The predicted molar refractivity (Wildman–Crippen MR) is 147 cm³/mol. The first-order valence-corrected chi connectivity index (χ1v) is 13.5. The number of amides is 1. The number of nitrogens with zero attached hydrogens (tertiary/aromatic N) is 4. The Morgan fingerprint density at radius 3 is 2.38 bits per heavy atom. The van der Waals surface area contributed by atoms with Crippen molar-refractivity contribution in [2.45, 2.75) is 52.5 Å². The summed E-state index contributed by atoms with van der Waals surface area (Å²) in [6, 6.07) is 13.1. The van der Waals surface area contributed by atoms with Crippen molar-refractivity contribution in [1.29, 1.82) is 0 Å². The van der Waals surface area contributed by atoms with E-state index in [0.717, 1.165) is 47.4 Å². The second kappa shape index (κ2) is 9.97. The van der Waals surface area contributed by atoms with Crippen molar-refractivity contribution in [2.75, 3.05) is 10.6 Å². The van der Waals surface area contributed by atoms with E-state index in [-0.39, 0.29) is 22.7 Å². The second-order valence-electron chi connectivity index (χ2n) is 10.1. The van der Waals surface area contributed by atoms with Gasteiger partial charge in [-0.15, -0.1) is 11.3 Å². The molecule has 0 radical (unpaired) electrons. The maximum Gasteiger partial charge on any atom is 0.348 e. The van der Waals surface area contributed by atoms with Gasteiger partial charge in [-0.25, -0.2) is 9.78 Å². The van der Waals surface area contributed by atoms with Crippen LogP contribution < -0.4 is 10.6 Å². The summed E-state index contributed by atoms with van der Waals surface area (Å²) in [6.45, 7) is 6.11. The summed E-state index contributed by atoms with van der Waals surface area (Å²) in [7, 11) is 0. The average Bonchev–Trinajstić information content (AvgIpc) is 3.50. The van der Waals surface area contributed by atoms with Crippen molar-refractivity contribution in [3.8, 4) is 21.7 Å². The fraction of sp³-hybridized carbons (Fsp3) is 0.357. The Bertz CT molecular complexity index is 1450. The van der Waals surface area contributed by atoms with E-state index in [9.17, 15) is 14.7 Å². The van der Waals surface area contributed by atoms with Gasteiger partial charge in [0.1, 0.15) is 10.7 Å². The summed E-state index contributed by atoms with van der Waals surface area (Å²) in [6.07, 6.45) is 5.42. The minimum atomic E-state index is -1.02. The van der Waals surface area contributed by atoms with Crippen molar-refractivity contribution in [1.82, 2.24) is 14.6 Å². The number of hydrogen-bond acceptors (Lipinski definition) is 6. The molecule has 0 atom stereocenters. The van der Waals surface area contributed by atoms with Crippen LogP contribution in [-0.2, 0) is 4.79 Å². The van der Waals surface area contributed by atoms with Crippen LogP contribution in [0, 0.1) is 11.8 Å². The first-order chi connectivity index (χ1) is 17.7. The molecule has 0 unspecified atom stereocenters. The number of aromatic nitrogens is 3. The van der Waals surface area contributed by atoms with Gasteiger partial charge in [0, 0.05) is 34.7 Å². The molecule has 1 aromatic carbocycles. The Hall–Kier alpha value is -3.72. The maximum absolute atomic E-state index is 13.6. The van der Waals surface area contributed by atoms with Gasteiger partial charge >= 0.3 is 5.97 Å². The topological polar surface area (TPSA) is 114 Å². The Balaban J connectivity index is 1.46. The number of carbonyl (C=O) groups excluding carboxylic acids is 1. The molecule has 1 fully saturated rings. The SMILES string of the molecule is CC1CCC(C(=O)N(c2cc(-c3ccc(-c4cc5nccc(N)n5n4)cc3)sc2C(=O)O)C(C)C)CC1. The summed E-state index contributed by atoms with van der Waals surface area (Å²) in [5, 5.41) is 14.6. The lowest BCUT2D eigenvalue weighted by atomic mass is 9.82. The number of fused-ring (bicyclic) bond motifs is 1. The van der Waals surface area contributed by atoms with Crippen LogP contribution in [0.1, 0.15) is 56.1 Å². The third-order valence-corrected chi connectivity index (χ3v) is 8.30. The molecule has 3 heterocycles. The van der Waals surface area contributed by atoms with Crippen LogP contribution in [0.2, 0.25) is 0 Å². The zero-order valence-electron chi connectivity index (χ0n) is 21.2. The van der Waals surface area contributed by atoms with Crippen molar-refractivity contribution >= 4 is 40.4 Å². The lowest BCUT2D eigenvalue weighted by molar-refractivity contribution is -0.123. The molecule has 4 aromatic rings. The molecule has 0 saturated heterocycles. The molecule has 0 spiro atoms. The normalized spacial score (nSPS) is 17.8. The maximum atomic E-state index is 13.6. The Morgan fingerprint density at radius 1 is 1.08 bits per heavy atom. The highest BCUT2D eigenvalue weighted by molar-refractivity contribution is 7.18. The number of anilines is 2. The quantitative estimate of drug-likeness (QED) is 0.326. The zero-order valence-corrected chi connectivity index (χ0v) is 22.0. The van der Waals surface area contributed by atoms with E-state index in [1.165, 1.54) is 11.3 Å². The first kappa shape index (κ1) is 25.0. The Labute approximate surface area is 219 Å². The highest BCUT2D eigenvalue weighted by Crippen LogP contribution is 2.40. The molecule has 1 aliphatic carbocycles. The summed E-state index contributed by atoms with van der Waals surface area (Å²) in [4.78, 5) is 32.8. The largest absolute Gasteiger partial charge is 0.477 e. The van der Waals surface area contributed by atoms with E-state index in [1.807, 2.05) is 50.2 Å². The number of nitrogens with two attached hydrogens (primary N) is 1. The van der Waals surface area contributed by atoms with Gasteiger partial charge in [0.2, 0.25) is 5.91 Å². The number of rotatable bonds is 6. The van der Waals surface area contributed by atoms with Gasteiger partial charge < -0.3 is 15.7 Å². The van der Waals surface area contributed by atoms with Crippen molar-refractivity contribution in [2.24, 2.45) is 11.8 Å². The smallest absolute Gasteiger partial charge is 0.348 e. The number of carboxylic acids is 1. The molecular weight excluding hydrogens is 486 g/mol. The Morgan fingerprint density at radius 2 is 1.76 bits per heavy atom. The second-order valence-corrected chi connectivity index (χ2v) is 11.2. The minimum absolute atomic E-state index is 0.0313. The van der Waals surface area contributed by atoms with Crippen LogP contribution >= 0.6 is 11.3 Å². The first-order valence-electron chi connectivity index (χ1n) is 12.6. The number of benzene rings is 1. The van der Waals surface area contributed by atoms with Crippen molar-refractivity contribution < 1.29 is 14.7 Å². The molecule has 0 aliphatic heterocycles. The van der Waals surface area contributed by atoms with E-state index in [1.54, 1.807) is 21.7 Å². The molecule has 3 N–H and O–H groups in total. The predicted octanol–water partition coefficient (Wildman–Crippen LogP) is 5.97. The number of hydrogen-bond donors (Lipinski definition) is 2. The lowest BCUT2D eigenvalue weighted by Gasteiger charge is -2.33. The third kappa shape index (κ3) is 4.83. The highest BCUT2D eigenvalue weighted by atomic mass is 32.1. The van der Waals surface area contributed by atoms with Crippen LogP contribution in [0.25, 0.3) is 27.3 Å². The number of thiophene rings is 1. The van der Waals surface area contributed by atoms with E-state index in [0.29, 0.717) is 23.1 Å². The fourth-order valence-electron chi connectivity index (χ4n) is 5.07. The van der Waals surface area contributed by atoms with Gasteiger partial charge in [0.05, 0.1) is 11.4 Å². The molecule has 1 amide bonds. The summed E-state index contributed by atoms with van der Waals surface area (Å²) in [5.74, 6) is 0.0947. The number of aromatic carboxylic acids is 1. The number of carboxylic acid groups (broad SMARTS) is 1. The molecule has 3 aromatic heterocycles. The summed E-state index contributed by atoms with van der Waals surface area (Å²) >= 11 is 1.20. The monoisotopic (exact) mass is 517 g/mol. The number of nitrogen functional groups attached to an aromatic ring is 1. The standard InChI is InChI=1S/C28H31N5O3S/c1-16(2)32(27(34)20-6-4-17(3)5-7-20)22-15-23(37-26(22)28(35)36)19-10-8-18(9-11-19)21-14-25-30-13-12-24(29)33(25)31-21/h8-17,20H,4-7,29H2,1-3H3,(H,35,36). The molecule has 1 aliphatic rings. The van der Waals surface area contributed by atoms with Crippen LogP contribution in [-0.4, -0.2) is 37.6 Å². The van der Waals surface area contributed by atoms with Gasteiger partial charge in [-0.3, -0.25) is 4.79 Å². The molecule has 37 heavy (non-hydrogen) atoms. The molecule has 0 bridgehead atoms. The van der Waals surface area contributed by atoms with E-state index < -0.39 is 5.97 Å². The van der Waals surface area contributed by atoms with Gasteiger partial charge in [-0.1, -0.05) is 31.2 Å². The molecule has 192 valence electrons. The van der Waals surface area contributed by atoms with Gasteiger partial charge in [0.15, 0.2) is 5.65 Å². The van der Waals surface area contributed by atoms with Crippen molar-refractivity contribution in [3.05, 3.63) is 53.5 Å². The number of carbonyl (C=O) groups is 2. The highest BCUT2D eigenvalue weighted by Gasteiger charge is 2.33. The van der Waals surface area contributed by atoms with E-state index >= 15 is 0 Å². The average molecular weight is 518 g/mol. The van der Waals surface area contributed by atoms with Crippen LogP contribution in [0.3, 0.4) is 0 Å². The zero-order chi connectivity index (χ0) is 26.3. The Kier molecular flexibility index (Phi) is 6.72. The van der Waals surface area contributed by atoms with Crippen molar-refractivity contribution in [3.63, 3.8) is 0 Å². The van der Waals surface area contributed by atoms with Crippen LogP contribution in [0.5, 0.6) is 0 Å². The summed E-state index contributed by atoms with van der Waals surface area (Å²) < 4.78 is 1.60. The van der Waals surface area contributed by atoms with E-state index in [2.05, 4.69) is 17.0 Å². The third-order valence-electron chi connectivity index (χ3n) is 7.14. The summed E-state index contributed by atoms with van der Waals surface area (Å²) in [5.41, 5.74) is 9.67. The van der Waals surface area contributed by atoms with Crippen LogP contribution in [0.4, 0.5) is 11.5 Å². The van der Waals surface area contributed by atoms with Crippen LogP contribution in [0.15, 0.2) is 48.7 Å².